The van der Waals surface area contributed by atoms with Crippen LogP contribution in [0.25, 0.3) is 0 Å². The predicted molar refractivity (Wildman–Crippen MR) is 78.1 cm³/mol. The number of hydrogen-bond acceptors (Lipinski definition) is 5. The van der Waals surface area contributed by atoms with E-state index in [0.717, 1.165) is 12.0 Å². The molecule has 1 saturated heterocycles. The minimum atomic E-state index is -0.836. The molecule has 7 nitrogen and oxygen atoms in total. The summed E-state index contributed by atoms with van der Waals surface area (Å²) in [6, 6.07) is 6.12. The summed E-state index contributed by atoms with van der Waals surface area (Å²) in [5.41, 5.74) is -0.0357. The monoisotopic (exact) mass is 314 g/mol. The topological polar surface area (TPSA) is 89.8 Å². The molecule has 23 heavy (non-hydrogen) atoms. The van der Waals surface area contributed by atoms with E-state index in [2.05, 4.69) is 0 Å². The first kappa shape index (κ1) is 14.1. The molecule has 1 spiro atoms. The number of hydrogen-bond donors (Lipinski definition) is 0. The van der Waals surface area contributed by atoms with Gasteiger partial charge in [-0.2, -0.15) is 0 Å². The first-order valence-corrected chi connectivity index (χ1v) is 7.42. The van der Waals surface area contributed by atoms with Crippen LogP contribution in [0, 0.1) is 22.0 Å². The van der Waals surface area contributed by atoms with Crippen LogP contribution in [0.5, 0.6) is 0 Å². The average Bonchev–Trinajstić information content (AvgIpc) is 3.30. The zero-order valence-electron chi connectivity index (χ0n) is 12.2. The van der Waals surface area contributed by atoms with Crippen LogP contribution in [0.2, 0.25) is 0 Å². The molecule has 1 aromatic rings. The van der Waals surface area contributed by atoms with E-state index in [4.69, 9.17) is 4.74 Å². The number of nitro groups is 1. The zero-order chi connectivity index (χ0) is 16.2. The fourth-order valence-electron chi connectivity index (χ4n) is 3.51. The molecule has 7 heteroatoms. The summed E-state index contributed by atoms with van der Waals surface area (Å²) < 4.78 is 5.77. The van der Waals surface area contributed by atoms with E-state index in [1.165, 1.54) is 18.2 Å². The summed E-state index contributed by atoms with van der Waals surface area (Å²) >= 11 is 0. The number of non-ortho nitro benzene ring substituents is 1. The second-order valence-electron chi connectivity index (χ2n) is 6.13. The fourth-order valence-corrected chi connectivity index (χ4v) is 3.51. The molecule has 4 rings (SSSR count). The van der Waals surface area contributed by atoms with E-state index in [1.54, 1.807) is 23.1 Å². The van der Waals surface area contributed by atoms with Crippen LogP contribution in [-0.4, -0.2) is 33.8 Å². The van der Waals surface area contributed by atoms with Crippen molar-refractivity contribution < 1.29 is 19.2 Å². The summed E-state index contributed by atoms with van der Waals surface area (Å²) in [5, 5.41) is 10.7. The van der Waals surface area contributed by atoms with Crippen molar-refractivity contribution in [1.29, 1.82) is 0 Å². The molecule has 2 aliphatic carbocycles. The number of carbonyl (C=O) groups is 2. The smallest absolute Gasteiger partial charge is 0.269 e. The number of ether oxygens (including phenoxy) is 1. The van der Waals surface area contributed by atoms with Crippen molar-refractivity contribution in [2.45, 2.75) is 18.7 Å². The molecule has 0 radical (unpaired) electrons. The Labute approximate surface area is 131 Å². The highest BCUT2D eigenvalue weighted by molar-refractivity contribution is 5.96. The van der Waals surface area contributed by atoms with Crippen LogP contribution >= 0.6 is 0 Å². The molecule has 0 N–H and O–H groups in total. The minimum absolute atomic E-state index is 0.00523. The second-order valence-corrected chi connectivity index (χ2v) is 6.13. The molecule has 1 amide bonds. The number of ketones is 1. The maximum atomic E-state index is 12.2. The van der Waals surface area contributed by atoms with E-state index in [9.17, 15) is 19.7 Å². The molecule has 3 aliphatic rings. The SMILES string of the molecule is O=C1C=CC2(OCC(=O)N2Cc2ccc([N+](=O)[O-])cc2)C2CC12. The van der Waals surface area contributed by atoms with E-state index in [1.807, 2.05) is 0 Å². The van der Waals surface area contributed by atoms with Crippen LogP contribution in [0.1, 0.15) is 12.0 Å². The lowest BCUT2D eigenvalue weighted by Gasteiger charge is -2.36. The van der Waals surface area contributed by atoms with E-state index < -0.39 is 10.6 Å². The lowest BCUT2D eigenvalue weighted by atomic mass is 9.96. The third kappa shape index (κ3) is 2.08. The Kier molecular flexibility index (Phi) is 2.89. The number of nitro benzene ring substituents is 1. The van der Waals surface area contributed by atoms with E-state index in [0.29, 0.717) is 6.54 Å². The van der Waals surface area contributed by atoms with Crippen LogP contribution < -0.4 is 0 Å². The van der Waals surface area contributed by atoms with Gasteiger partial charge in [-0.05, 0) is 24.1 Å². The number of nitrogens with zero attached hydrogens (tertiary/aromatic N) is 2. The highest BCUT2D eigenvalue weighted by Gasteiger charge is 2.63. The molecule has 1 aromatic carbocycles. The van der Waals surface area contributed by atoms with E-state index in [-0.39, 0.29) is 35.8 Å². The number of fused-ring (bicyclic) bond motifs is 2. The molecular weight excluding hydrogens is 300 g/mol. The fraction of sp³-hybridized carbons (Fsp3) is 0.375. The van der Waals surface area contributed by atoms with Crippen LogP contribution in [-0.2, 0) is 20.9 Å². The summed E-state index contributed by atoms with van der Waals surface area (Å²) in [5.74, 6) is -0.0679. The maximum Gasteiger partial charge on any atom is 0.269 e. The third-order valence-corrected chi connectivity index (χ3v) is 4.81. The summed E-state index contributed by atoms with van der Waals surface area (Å²) in [6.45, 7) is 0.299. The molecule has 2 fully saturated rings. The van der Waals surface area contributed by atoms with Gasteiger partial charge in [0.05, 0.1) is 4.92 Å². The molecule has 118 valence electrons. The Hall–Kier alpha value is -2.54. The highest BCUT2D eigenvalue weighted by Crippen LogP contribution is 2.55. The Morgan fingerprint density at radius 3 is 2.74 bits per heavy atom. The van der Waals surface area contributed by atoms with Gasteiger partial charge in [-0.1, -0.05) is 12.1 Å². The Bertz CT molecular complexity index is 741. The zero-order valence-corrected chi connectivity index (χ0v) is 12.2. The van der Waals surface area contributed by atoms with Gasteiger partial charge in [0.2, 0.25) is 0 Å². The summed E-state index contributed by atoms with van der Waals surface area (Å²) in [4.78, 5) is 35.9. The van der Waals surface area contributed by atoms with Crippen molar-refractivity contribution in [3.8, 4) is 0 Å². The predicted octanol–water partition coefficient (Wildman–Crippen LogP) is 1.42. The number of benzene rings is 1. The number of carbonyl (C=O) groups excluding carboxylic acids is 2. The number of allylic oxidation sites excluding steroid dienone is 1. The van der Waals surface area contributed by atoms with Gasteiger partial charge in [0.15, 0.2) is 11.5 Å². The molecule has 0 aromatic heterocycles. The normalized spacial score (nSPS) is 31.6. The summed E-state index contributed by atoms with van der Waals surface area (Å²) in [6.07, 6.45) is 3.94. The molecule has 1 saturated carbocycles. The van der Waals surface area contributed by atoms with Gasteiger partial charge in [-0.3, -0.25) is 19.7 Å². The second kappa shape index (κ2) is 4.73. The van der Waals surface area contributed by atoms with Crippen molar-refractivity contribution in [2.24, 2.45) is 11.8 Å². The number of amides is 1. The van der Waals surface area contributed by atoms with Gasteiger partial charge in [-0.25, -0.2) is 0 Å². The lowest BCUT2D eigenvalue weighted by Crippen LogP contribution is -2.48. The van der Waals surface area contributed by atoms with Gasteiger partial charge < -0.3 is 9.64 Å². The first-order chi connectivity index (χ1) is 11.0. The molecular formula is C16H14N2O5. The largest absolute Gasteiger partial charge is 0.342 e. The quantitative estimate of drug-likeness (QED) is 0.622. The minimum Gasteiger partial charge on any atom is -0.342 e. The lowest BCUT2D eigenvalue weighted by molar-refractivity contribution is -0.384. The first-order valence-electron chi connectivity index (χ1n) is 7.42. The van der Waals surface area contributed by atoms with Crippen LogP contribution in [0.3, 0.4) is 0 Å². The Balaban J connectivity index is 1.62. The standard InChI is InChI=1S/C16H14N2O5/c19-14-5-6-16(13-7-12(13)14)17(15(20)9-23-16)8-10-1-3-11(4-2-10)18(21)22/h1-6,12-13H,7-9H2. The Morgan fingerprint density at radius 2 is 2.04 bits per heavy atom. The van der Waals surface area contributed by atoms with Crippen LogP contribution in [0.4, 0.5) is 5.69 Å². The van der Waals surface area contributed by atoms with Crippen LogP contribution in [0.15, 0.2) is 36.4 Å². The number of rotatable bonds is 3. The van der Waals surface area contributed by atoms with Crippen molar-refractivity contribution in [3.05, 3.63) is 52.1 Å². The van der Waals surface area contributed by atoms with Gasteiger partial charge in [-0.15, -0.1) is 0 Å². The average molecular weight is 314 g/mol. The highest BCUT2D eigenvalue weighted by atomic mass is 16.6. The van der Waals surface area contributed by atoms with E-state index >= 15 is 0 Å². The molecule has 0 bridgehead atoms. The molecule has 1 aliphatic heterocycles. The van der Waals surface area contributed by atoms with Crippen molar-refractivity contribution >= 4 is 17.4 Å². The molecule has 3 atom stereocenters. The van der Waals surface area contributed by atoms with Crippen molar-refractivity contribution in [2.75, 3.05) is 6.61 Å². The van der Waals surface area contributed by atoms with Gasteiger partial charge in [0.25, 0.3) is 11.6 Å². The maximum absolute atomic E-state index is 12.2. The van der Waals surface area contributed by atoms with Crippen molar-refractivity contribution in [1.82, 2.24) is 4.90 Å². The third-order valence-electron chi connectivity index (χ3n) is 4.81. The van der Waals surface area contributed by atoms with Crippen molar-refractivity contribution in [3.63, 3.8) is 0 Å². The van der Waals surface area contributed by atoms with Gasteiger partial charge in [0.1, 0.15) is 6.61 Å². The molecule has 3 unspecified atom stereocenters. The molecule has 1 heterocycles. The van der Waals surface area contributed by atoms with Gasteiger partial charge >= 0.3 is 0 Å². The van der Waals surface area contributed by atoms with Gasteiger partial charge in [0, 0.05) is 30.5 Å². The Morgan fingerprint density at radius 1 is 1.30 bits per heavy atom. The summed E-state index contributed by atoms with van der Waals surface area (Å²) in [7, 11) is 0.